The van der Waals surface area contributed by atoms with E-state index in [1.54, 1.807) is 6.92 Å². The van der Waals surface area contributed by atoms with Gasteiger partial charge in [0.25, 0.3) is 0 Å². The minimum atomic E-state index is -0.268. The molecule has 13 heavy (non-hydrogen) atoms. The average Bonchev–Trinajstić information content (AvgIpc) is 1.88. The quantitative estimate of drug-likeness (QED) is 0.334. The SMILES string of the molecule is C=C(C)C(=O)OCCC[SiH3].Cl.Cl.Cl. The number of halogens is 3. The van der Waals surface area contributed by atoms with Crippen molar-refractivity contribution in [3.8, 4) is 0 Å². The first-order valence-corrected chi connectivity index (χ1v) is 4.92. The van der Waals surface area contributed by atoms with Gasteiger partial charge in [0.1, 0.15) is 0 Å². The van der Waals surface area contributed by atoms with Crippen molar-refractivity contribution in [2.24, 2.45) is 0 Å². The Bertz CT molecular complexity index is 142. The number of ether oxygens (including phenoxy) is 1. The Morgan fingerprint density at radius 2 is 1.85 bits per heavy atom. The van der Waals surface area contributed by atoms with E-state index in [9.17, 15) is 4.79 Å². The second-order valence-corrected chi connectivity index (χ2v) is 3.27. The molecule has 0 radical (unpaired) electrons. The maximum atomic E-state index is 10.7. The van der Waals surface area contributed by atoms with E-state index in [1.807, 2.05) is 0 Å². The summed E-state index contributed by atoms with van der Waals surface area (Å²) in [7, 11) is 1.18. The highest BCUT2D eigenvalue weighted by molar-refractivity contribution is 6.08. The van der Waals surface area contributed by atoms with Crippen molar-refractivity contribution in [2.75, 3.05) is 6.61 Å². The summed E-state index contributed by atoms with van der Waals surface area (Å²) in [6.45, 7) is 5.67. The van der Waals surface area contributed by atoms with Gasteiger partial charge in [-0.15, -0.1) is 37.2 Å². The van der Waals surface area contributed by atoms with Crippen LogP contribution in [-0.2, 0) is 9.53 Å². The molecule has 0 N–H and O–H groups in total. The summed E-state index contributed by atoms with van der Waals surface area (Å²) in [5, 5.41) is 0. The molecule has 0 saturated carbocycles. The highest BCUT2D eigenvalue weighted by atomic mass is 35.5. The zero-order valence-electron chi connectivity index (χ0n) is 7.87. The zero-order valence-corrected chi connectivity index (χ0v) is 12.3. The highest BCUT2D eigenvalue weighted by Gasteiger charge is 2.00. The molecule has 0 heterocycles. The standard InChI is InChI=1S/C7H14O2Si.3ClH/c1-6(2)7(8)9-4-3-5-10;;;/h1,3-5H2,2,10H3;3*1H. The van der Waals surface area contributed by atoms with Crippen molar-refractivity contribution >= 4 is 53.4 Å². The Morgan fingerprint density at radius 3 is 2.15 bits per heavy atom. The predicted molar refractivity (Wildman–Crippen MR) is 66.9 cm³/mol. The van der Waals surface area contributed by atoms with Gasteiger partial charge in [0.15, 0.2) is 0 Å². The van der Waals surface area contributed by atoms with E-state index in [2.05, 4.69) is 6.58 Å². The third-order valence-electron chi connectivity index (χ3n) is 1.08. The van der Waals surface area contributed by atoms with Crippen LogP contribution in [0.25, 0.3) is 0 Å². The molecule has 0 amide bonds. The van der Waals surface area contributed by atoms with Gasteiger partial charge in [0.2, 0.25) is 0 Å². The molecule has 0 bridgehead atoms. The summed E-state index contributed by atoms with van der Waals surface area (Å²) in [6, 6.07) is 1.18. The predicted octanol–water partition coefficient (Wildman–Crippen LogP) is 1.54. The molecule has 0 saturated heterocycles. The molecule has 6 heteroatoms. The largest absolute Gasteiger partial charge is 0.462 e. The van der Waals surface area contributed by atoms with Gasteiger partial charge in [0.05, 0.1) is 6.61 Å². The van der Waals surface area contributed by atoms with Gasteiger partial charge in [-0.3, -0.25) is 0 Å². The van der Waals surface area contributed by atoms with Crippen molar-refractivity contribution in [3.05, 3.63) is 12.2 Å². The van der Waals surface area contributed by atoms with Crippen LogP contribution >= 0.6 is 37.2 Å². The van der Waals surface area contributed by atoms with Crippen LogP contribution in [0.15, 0.2) is 12.2 Å². The lowest BCUT2D eigenvalue weighted by Gasteiger charge is -2.01. The second kappa shape index (κ2) is 14.8. The summed E-state index contributed by atoms with van der Waals surface area (Å²) < 4.78 is 4.83. The second-order valence-electron chi connectivity index (χ2n) is 2.27. The van der Waals surface area contributed by atoms with Crippen LogP contribution in [0.4, 0.5) is 0 Å². The molecule has 0 aliphatic rings. The Balaban J connectivity index is -0.000000135. The molecule has 2 nitrogen and oxygen atoms in total. The first kappa shape index (κ1) is 23.3. The molecule has 0 rings (SSSR count). The lowest BCUT2D eigenvalue weighted by atomic mass is 10.4. The molecule has 0 atom stereocenters. The number of rotatable bonds is 4. The summed E-state index contributed by atoms with van der Waals surface area (Å²) in [4.78, 5) is 10.7. The number of esters is 1. The zero-order chi connectivity index (χ0) is 7.98. The van der Waals surface area contributed by atoms with Crippen molar-refractivity contribution in [1.82, 2.24) is 0 Å². The molecule has 0 aliphatic heterocycles. The first-order chi connectivity index (χ1) is 4.68. The molecule has 0 unspecified atom stereocenters. The van der Waals surface area contributed by atoms with Crippen molar-refractivity contribution < 1.29 is 9.53 Å². The molecule has 0 aromatic carbocycles. The minimum Gasteiger partial charge on any atom is -0.462 e. The molecular weight excluding hydrogens is 251 g/mol. The fourth-order valence-electron chi connectivity index (χ4n) is 0.432. The van der Waals surface area contributed by atoms with Gasteiger partial charge in [-0.1, -0.05) is 12.6 Å². The lowest BCUT2D eigenvalue weighted by Crippen LogP contribution is -2.05. The van der Waals surface area contributed by atoms with Crippen molar-refractivity contribution in [3.63, 3.8) is 0 Å². The molecule has 0 aromatic heterocycles. The van der Waals surface area contributed by atoms with Crippen LogP contribution in [0.2, 0.25) is 6.04 Å². The van der Waals surface area contributed by atoms with Gasteiger partial charge in [0, 0.05) is 15.8 Å². The summed E-state index contributed by atoms with van der Waals surface area (Å²) in [5.41, 5.74) is 0.480. The van der Waals surface area contributed by atoms with E-state index in [0.29, 0.717) is 12.2 Å². The van der Waals surface area contributed by atoms with E-state index >= 15 is 0 Å². The Morgan fingerprint density at radius 1 is 1.38 bits per heavy atom. The molecule has 0 spiro atoms. The normalized spacial score (nSPS) is 7.15. The van der Waals surface area contributed by atoms with Gasteiger partial charge in [-0.05, 0) is 13.3 Å². The summed E-state index contributed by atoms with van der Waals surface area (Å²) in [5.74, 6) is -0.268. The van der Waals surface area contributed by atoms with E-state index in [-0.39, 0.29) is 43.2 Å². The third-order valence-corrected chi connectivity index (χ3v) is 1.79. The van der Waals surface area contributed by atoms with Crippen LogP contribution in [0, 0.1) is 0 Å². The fraction of sp³-hybridized carbons (Fsp3) is 0.571. The third kappa shape index (κ3) is 15.1. The maximum Gasteiger partial charge on any atom is 0.333 e. The number of hydrogen-bond donors (Lipinski definition) is 0. The van der Waals surface area contributed by atoms with E-state index in [1.165, 1.54) is 16.3 Å². The highest BCUT2D eigenvalue weighted by Crippen LogP contribution is 1.93. The maximum absolute atomic E-state index is 10.7. The Hall–Kier alpha value is 0.297. The van der Waals surface area contributed by atoms with Crippen LogP contribution in [-0.4, -0.2) is 22.8 Å². The molecule has 0 fully saturated rings. The van der Waals surface area contributed by atoms with Crippen molar-refractivity contribution in [2.45, 2.75) is 19.4 Å². The number of hydrogen-bond acceptors (Lipinski definition) is 2. The molecular formula is C7H17Cl3O2Si. The van der Waals surface area contributed by atoms with Crippen LogP contribution < -0.4 is 0 Å². The molecule has 0 aromatic rings. The summed E-state index contributed by atoms with van der Waals surface area (Å²) >= 11 is 0. The van der Waals surface area contributed by atoms with Crippen LogP contribution in [0.3, 0.4) is 0 Å². The number of carbonyl (C=O) groups excluding carboxylic acids is 1. The topological polar surface area (TPSA) is 26.3 Å². The smallest absolute Gasteiger partial charge is 0.333 e. The minimum absolute atomic E-state index is 0. The van der Waals surface area contributed by atoms with Gasteiger partial charge >= 0.3 is 5.97 Å². The van der Waals surface area contributed by atoms with Gasteiger partial charge < -0.3 is 4.74 Å². The van der Waals surface area contributed by atoms with Crippen molar-refractivity contribution in [1.29, 1.82) is 0 Å². The number of carbonyl (C=O) groups is 1. The summed E-state index contributed by atoms with van der Waals surface area (Å²) in [6.07, 6.45) is 0.991. The average molecular weight is 268 g/mol. The van der Waals surface area contributed by atoms with E-state index in [0.717, 1.165) is 6.42 Å². The fourth-order valence-corrected chi connectivity index (χ4v) is 0.721. The first-order valence-electron chi connectivity index (χ1n) is 3.51. The van der Waals surface area contributed by atoms with Crippen LogP contribution in [0.5, 0.6) is 0 Å². The lowest BCUT2D eigenvalue weighted by molar-refractivity contribution is -0.138. The Kier molecular flexibility index (Phi) is 26.5. The van der Waals surface area contributed by atoms with E-state index in [4.69, 9.17) is 4.74 Å². The molecule has 82 valence electrons. The molecule has 0 aliphatic carbocycles. The van der Waals surface area contributed by atoms with Gasteiger partial charge in [-0.2, -0.15) is 0 Å². The van der Waals surface area contributed by atoms with Gasteiger partial charge in [-0.25, -0.2) is 4.79 Å². The van der Waals surface area contributed by atoms with Crippen LogP contribution in [0.1, 0.15) is 13.3 Å². The monoisotopic (exact) mass is 266 g/mol. The van der Waals surface area contributed by atoms with E-state index < -0.39 is 0 Å². The Labute approximate surface area is 101 Å².